The van der Waals surface area contributed by atoms with Crippen LogP contribution in [0, 0.1) is 5.92 Å². The largest absolute Gasteiger partial charge is 0.336 e. The fraction of sp³-hybridized carbons (Fsp3) is 0.917. The molecule has 0 aromatic carbocycles. The summed E-state index contributed by atoms with van der Waals surface area (Å²) >= 11 is 0. The Kier molecular flexibility index (Phi) is 4.92. The third-order valence-corrected chi connectivity index (χ3v) is 3.22. The van der Waals surface area contributed by atoms with Gasteiger partial charge in [0.15, 0.2) is 0 Å². The number of carbonyl (C=O) groups is 1. The maximum atomic E-state index is 11.7. The van der Waals surface area contributed by atoms with E-state index >= 15 is 0 Å². The van der Waals surface area contributed by atoms with Crippen molar-refractivity contribution in [1.82, 2.24) is 10.2 Å². The highest BCUT2D eigenvalue weighted by atomic mass is 16.2. The minimum absolute atomic E-state index is 0.128. The molecule has 3 nitrogen and oxygen atoms in total. The summed E-state index contributed by atoms with van der Waals surface area (Å²) in [7, 11) is 0. The highest BCUT2D eigenvalue weighted by Gasteiger charge is 2.19. The Morgan fingerprint density at radius 3 is 2.47 bits per heavy atom. The predicted octanol–water partition coefficient (Wildman–Crippen LogP) is 2.62. The Morgan fingerprint density at radius 2 is 1.93 bits per heavy atom. The second-order valence-corrected chi connectivity index (χ2v) is 4.79. The fourth-order valence-corrected chi connectivity index (χ4v) is 2.05. The monoisotopic (exact) mass is 212 g/mol. The third-order valence-electron chi connectivity index (χ3n) is 3.22. The van der Waals surface area contributed by atoms with Crippen molar-refractivity contribution in [2.75, 3.05) is 13.1 Å². The quantitative estimate of drug-likeness (QED) is 0.763. The lowest BCUT2D eigenvalue weighted by Gasteiger charge is -2.22. The molecule has 2 amide bonds. The van der Waals surface area contributed by atoms with Gasteiger partial charge in [0.1, 0.15) is 0 Å². The maximum Gasteiger partial charge on any atom is 0.317 e. The van der Waals surface area contributed by atoms with Crippen LogP contribution in [0.1, 0.15) is 46.5 Å². The van der Waals surface area contributed by atoms with Gasteiger partial charge in [-0.25, -0.2) is 4.79 Å². The number of amides is 2. The summed E-state index contributed by atoms with van der Waals surface area (Å²) in [5.74, 6) is 0.693. The zero-order valence-corrected chi connectivity index (χ0v) is 10.3. The van der Waals surface area contributed by atoms with Crippen molar-refractivity contribution in [2.45, 2.75) is 52.5 Å². The lowest BCUT2D eigenvalue weighted by molar-refractivity contribution is 0.203. The fourth-order valence-electron chi connectivity index (χ4n) is 2.05. The van der Waals surface area contributed by atoms with Crippen LogP contribution >= 0.6 is 0 Å². The Balaban J connectivity index is 2.24. The van der Waals surface area contributed by atoms with Gasteiger partial charge in [0.2, 0.25) is 0 Å². The maximum absolute atomic E-state index is 11.7. The van der Waals surface area contributed by atoms with E-state index < -0.39 is 0 Å². The van der Waals surface area contributed by atoms with Gasteiger partial charge >= 0.3 is 6.03 Å². The standard InChI is InChI=1S/C12H24N2O/c1-4-10(2)9-11(3)13-12(15)14-7-5-6-8-14/h10-11H,4-9H2,1-3H3,(H,13,15). The lowest BCUT2D eigenvalue weighted by atomic mass is 10.0. The summed E-state index contributed by atoms with van der Waals surface area (Å²) in [6.45, 7) is 8.39. The summed E-state index contributed by atoms with van der Waals surface area (Å²) in [4.78, 5) is 13.7. The summed E-state index contributed by atoms with van der Waals surface area (Å²) in [6.07, 6.45) is 4.58. The van der Waals surface area contributed by atoms with Crippen molar-refractivity contribution >= 4 is 6.03 Å². The number of likely N-dealkylation sites (tertiary alicyclic amines) is 1. The number of carbonyl (C=O) groups excluding carboxylic acids is 1. The van der Waals surface area contributed by atoms with Crippen molar-refractivity contribution in [1.29, 1.82) is 0 Å². The molecule has 2 unspecified atom stereocenters. The Labute approximate surface area is 93.2 Å². The van der Waals surface area contributed by atoms with E-state index in [0.29, 0.717) is 12.0 Å². The summed E-state index contributed by atoms with van der Waals surface area (Å²) in [5, 5.41) is 3.07. The second-order valence-electron chi connectivity index (χ2n) is 4.79. The highest BCUT2D eigenvalue weighted by Crippen LogP contribution is 2.11. The Morgan fingerprint density at radius 1 is 1.33 bits per heavy atom. The van der Waals surface area contributed by atoms with Crippen molar-refractivity contribution < 1.29 is 4.79 Å². The highest BCUT2D eigenvalue weighted by molar-refractivity contribution is 5.74. The van der Waals surface area contributed by atoms with Gasteiger partial charge in [0, 0.05) is 19.1 Å². The minimum Gasteiger partial charge on any atom is -0.336 e. The molecule has 3 heteroatoms. The first-order valence-electron chi connectivity index (χ1n) is 6.19. The molecule has 1 N–H and O–H groups in total. The van der Waals surface area contributed by atoms with Crippen molar-refractivity contribution in [3.63, 3.8) is 0 Å². The zero-order valence-electron chi connectivity index (χ0n) is 10.3. The summed E-state index contributed by atoms with van der Waals surface area (Å²) in [6, 6.07) is 0.427. The van der Waals surface area contributed by atoms with E-state index in [9.17, 15) is 4.79 Å². The number of rotatable bonds is 4. The molecule has 1 aliphatic rings. The summed E-state index contributed by atoms with van der Waals surface area (Å²) < 4.78 is 0. The molecule has 0 radical (unpaired) electrons. The van der Waals surface area contributed by atoms with Crippen molar-refractivity contribution in [3.05, 3.63) is 0 Å². The van der Waals surface area contributed by atoms with Gasteiger partial charge < -0.3 is 10.2 Å². The number of hydrogen-bond acceptors (Lipinski definition) is 1. The van der Waals surface area contributed by atoms with Gasteiger partial charge in [0.05, 0.1) is 0 Å². The van der Waals surface area contributed by atoms with E-state index in [-0.39, 0.29) is 6.03 Å². The Bertz CT molecular complexity index is 200. The van der Waals surface area contributed by atoms with Crippen LogP contribution in [-0.2, 0) is 0 Å². The molecule has 88 valence electrons. The average Bonchev–Trinajstić information content (AvgIpc) is 2.70. The molecule has 0 aromatic heterocycles. The van der Waals surface area contributed by atoms with Gasteiger partial charge in [-0.15, -0.1) is 0 Å². The lowest BCUT2D eigenvalue weighted by Crippen LogP contribution is -2.42. The van der Waals surface area contributed by atoms with E-state index in [1.54, 1.807) is 0 Å². The number of hydrogen-bond donors (Lipinski definition) is 1. The number of nitrogens with one attached hydrogen (secondary N) is 1. The molecule has 1 heterocycles. The zero-order chi connectivity index (χ0) is 11.3. The van der Waals surface area contributed by atoms with Gasteiger partial charge in [-0.1, -0.05) is 20.3 Å². The molecule has 0 saturated carbocycles. The minimum atomic E-state index is 0.128. The Hall–Kier alpha value is -0.730. The van der Waals surface area contributed by atoms with Crippen LogP contribution in [0.4, 0.5) is 4.79 Å². The van der Waals surface area contributed by atoms with Crippen molar-refractivity contribution in [2.24, 2.45) is 5.92 Å². The molecule has 1 saturated heterocycles. The van der Waals surface area contributed by atoms with Crippen molar-refractivity contribution in [3.8, 4) is 0 Å². The van der Waals surface area contributed by atoms with Crippen LogP contribution in [0.3, 0.4) is 0 Å². The van der Waals surface area contributed by atoms with Gasteiger partial charge in [-0.05, 0) is 32.1 Å². The molecule has 1 rings (SSSR count). The molecular formula is C12H24N2O. The molecule has 0 bridgehead atoms. The van der Waals surface area contributed by atoms with Crippen LogP contribution in [0.2, 0.25) is 0 Å². The molecular weight excluding hydrogens is 188 g/mol. The van der Waals surface area contributed by atoms with E-state index in [2.05, 4.69) is 26.1 Å². The molecule has 0 aromatic rings. The molecule has 0 spiro atoms. The topological polar surface area (TPSA) is 32.3 Å². The molecule has 0 aliphatic carbocycles. The third kappa shape index (κ3) is 4.10. The predicted molar refractivity (Wildman–Crippen MR) is 62.9 cm³/mol. The molecule has 2 atom stereocenters. The van der Waals surface area contributed by atoms with E-state index in [1.165, 1.54) is 6.42 Å². The summed E-state index contributed by atoms with van der Waals surface area (Å²) in [5.41, 5.74) is 0. The van der Waals surface area contributed by atoms with Gasteiger partial charge in [-0.3, -0.25) is 0 Å². The number of nitrogens with zero attached hydrogens (tertiary/aromatic N) is 1. The van der Waals surface area contributed by atoms with Crippen LogP contribution in [0.25, 0.3) is 0 Å². The molecule has 1 fully saturated rings. The van der Waals surface area contributed by atoms with Crippen LogP contribution in [0.5, 0.6) is 0 Å². The van der Waals surface area contributed by atoms with E-state index in [1.807, 2.05) is 4.90 Å². The van der Waals surface area contributed by atoms with E-state index in [0.717, 1.165) is 32.4 Å². The first-order valence-corrected chi connectivity index (χ1v) is 6.19. The average molecular weight is 212 g/mol. The smallest absolute Gasteiger partial charge is 0.317 e. The van der Waals surface area contributed by atoms with Crippen LogP contribution < -0.4 is 5.32 Å². The van der Waals surface area contributed by atoms with Crippen LogP contribution in [0.15, 0.2) is 0 Å². The second kappa shape index (κ2) is 5.99. The number of urea groups is 1. The molecule has 15 heavy (non-hydrogen) atoms. The van der Waals surface area contributed by atoms with Gasteiger partial charge in [0.25, 0.3) is 0 Å². The van der Waals surface area contributed by atoms with Crippen LogP contribution in [-0.4, -0.2) is 30.1 Å². The normalized spacial score (nSPS) is 20.1. The van der Waals surface area contributed by atoms with Gasteiger partial charge in [-0.2, -0.15) is 0 Å². The van der Waals surface area contributed by atoms with E-state index in [4.69, 9.17) is 0 Å². The first kappa shape index (κ1) is 12.3. The first-order chi connectivity index (χ1) is 7.13. The molecule has 1 aliphatic heterocycles. The SMILES string of the molecule is CCC(C)CC(C)NC(=O)N1CCCC1.